The summed E-state index contributed by atoms with van der Waals surface area (Å²) in [5.74, 6) is -0.273. The second kappa shape index (κ2) is 6.62. The second-order valence-corrected chi connectivity index (χ2v) is 6.59. The molecule has 1 heterocycles. The first-order valence-electron chi connectivity index (χ1n) is 7.36. The van der Waals surface area contributed by atoms with E-state index in [0.717, 1.165) is 34.1 Å². The highest BCUT2D eigenvalue weighted by atomic mass is 32.1. The van der Waals surface area contributed by atoms with Crippen molar-refractivity contribution in [3.8, 4) is 0 Å². The van der Waals surface area contributed by atoms with Gasteiger partial charge in [0, 0.05) is 11.3 Å². The minimum absolute atomic E-state index is 0.270. The molecule has 0 atom stereocenters. The first-order valence-corrected chi connectivity index (χ1v) is 8.50. The maximum atomic E-state index is 12.4. The molecule has 0 unspecified atom stereocenters. The van der Waals surface area contributed by atoms with Crippen LogP contribution in [-0.2, 0) is 0 Å². The molecule has 0 fully saturated rings. The van der Waals surface area contributed by atoms with E-state index in [4.69, 9.17) is 12.2 Å². The molecule has 0 aliphatic heterocycles. The van der Waals surface area contributed by atoms with Crippen molar-refractivity contribution in [2.24, 2.45) is 0 Å². The maximum Gasteiger partial charge on any atom is 0.257 e. The van der Waals surface area contributed by atoms with Gasteiger partial charge in [-0.2, -0.15) is 8.75 Å². The number of thiocarbonyl (C=S) groups is 1. The zero-order chi connectivity index (χ0) is 17.3. The van der Waals surface area contributed by atoms with Crippen LogP contribution < -0.4 is 10.6 Å². The van der Waals surface area contributed by atoms with Crippen molar-refractivity contribution in [3.63, 3.8) is 0 Å². The highest BCUT2D eigenvalue weighted by Crippen LogP contribution is 2.21. The molecule has 3 aromatic rings. The lowest BCUT2D eigenvalue weighted by molar-refractivity contribution is 0.0978. The van der Waals surface area contributed by atoms with Gasteiger partial charge in [-0.15, -0.1) is 0 Å². The lowest BCUT2D eigenvalue weighted by Crippen LogP contribution is -2.34. The Morgan fingerprint density at radius 2 is 1.71 bits per heavy atom. The van der Waals surface area contributed by atoms with E-state index in [1.807, 2.05) is 20.8 Å². The fraction of sp³-hybridized carbons (Fsp3) is 0.176. The SMILES string of the molecule is Cc1cc(C)c(NC(=S)NC(=O)c2ccc3nsnc3c2)c(C)c1. The van der Waals surface area contributed by atoms with Crippen LogP contribution in [0.15, 0.2) is 30.3 Å². The third-order valence-corrected chi connectivity index (χ3v) is 4.42. The molecule has 0 bridgehead atoms. The number of benzene rings is 2. The fourth-order valence-corrected chi connectivity index (χ4v) is 3.33. The van der Waals surface area contributed by atoms with Gasteiger partial charge in [0.2, 0.25) is 0 Å². The van der Waals surface area contributed by atoms with Gasteiger partial charge in [-0.3, -0.25) is 10.1 Å². The van der Waals surface area contributed by atoms with Crippen LogP contribution in [0.5, 0.6) is 0 Å². The van der Waals surface area contributed by atoms with Crippen LogP contribution >= 0.6 is 23.9 Å². The van der Waals surface area contributed by atoms with Gasteiger partial charge in [0.05, 0.1) is 11.7 Å². The van der Waals surface area contributed by atoms with Crippen LogP contribution in [0.1, 0.15) is 27.0 Å². The predicted molar refractivity (Wildman–Crippen MR) is 102 cm³/mol. The van der Waals surface area contributed by atoms with Gasteiger partial charge in [-0.1, -0.05) is 17.7 Å². The van der Waals surface area contributed by atoms with E-state index < -0.39 is 0 Å². The van der Waals surface area contributed by atoms with E-state index in [2.05, 4.69) is 31.5 Å². The Balaban J connectivity index is 1.73. The molecule has 24 heavy (non-hydrogen) atoms. The second-order valence-electron chi connectivity index (χ2n) is 5.65. The number of carbonyl (C=O) groups is 1. The van der Waals surface area contributed by atoms with Crippen LogP contribution in [0.25, 0.3) is 11.0 Å². The van der Waals surface area contributed by atoms with Gasteiger partial charge in [0.15, 0.2) is 5.11 Å². The van der Waals surface area contributed by atoms with Crippen LogP contribution in [0.4, 0.5) is 5.69 Å². The number of carbonyl (C=O) groups excluding carboxylic acids is 1. The number of fused-ring (bicyclic) bond motifs is 1. The quantitative estimate of drug-likeness (QED) is 0.685. The van der Waals surface area contributed by atoms with E-state index in [1.54, 1.807) is 18.2 Å². The Kier molecular flexibility index (Phi) is 4.55. The molecule has 7 heteroatoms. The Labute approximate surface area is 149 Å². The zero-order valence-electron chi connectivity index (χ0n) is 13.5. The van der Waals surface area contributed by atoms with Crippen molar-refractivity contribution in [1.82, 2.24) is 14.1 Å². The molecule has 0 radical (unpaired) electrons. The Bertz CT molecular complexity index is 926. The molecule has 2 aromatic carbocycles. The zero-order valence-corrected chi connectivity index (χ0v) is 15.1. The number of aromatic nitrogens is 2. The van der Waals surface area contributed by atoms with Gasteiger partial charge < -0.3 is 5.32 Å². The van der Waals surface area contributed by atoms with Crippen LogP contribution in [-0.4, -0.2) is 19.8 Å². The molecule has 0 spiro atoms. The summed E-state index contributed by atoms with van der Waals surface area (Å²) in [4.78, 5) is 12.4. The number of rotatable bonds is 2. The first-order chi connectivity index (χ1) is 11.4. The van der Waals surface area contributed by atoms with Crippen molar-refractivity contribution >= 4 is 51.7 Å². The molecule has 1 aromatic heterocycles. The lowest BCUT2D eigenvalue weighted by atomic mass is 10.1. The summed E-state index contributed by atoms with van der Waals surface area (Å²) in [5, 5.41) is 6.09. The van der Waals surface area contributed by atoms with Crippen molar-refractivity contribution in [3.05, 3.63) is 52.6 Å². The van der Waals surface area contributed by atoms with E-state index >= 15 is 0 Å². The summed E-state index contributed by atoms with van der Waals surface area (Å²) in [6.45, 7) is 6.07. The van der Waals surface area contributed by atoms with Crippen LogP contribution in [0, 0.1) is 20.8 Å². The molecule has 122 valence electrons. The molecule has 0 saturated carbocycles. The third-order valence-electron chi connectivity index (χ3n) is 3.66. The number of amides is 1. The average Bonchev–Trinajstić information content (AvgIpc) is 2.98. The number of hydrogen-bond acceptors (Lipinski definition) is 5. The summed E-state index contributed by atoms with van der Waals surface area (Å²) in [6.07, 6.45) is 0. The number of aryl methyl sites for hydroxylation is 3. The Morgan fingerprint density at radius 1 is 1.04 bits per heavy atom. The summed E-state index contributed by atoms with van der Waals surface area (Å²) < 4.78 is 8.27. The topological polar surface area (TPSA) is 66.9 Å². The summed E-state index contributed by atoms with van der Waals surface area (Å²) in [7, 11) is 0. The fourth-order valence-electron chi connectivity index (χ4n) is 2.62. The van der Waals surface area contributed by atoms with Crippen LogP contribution in [0.2, 0.25) is 0 Å². The molecule has 0 aliphatic carbocycles. The number of hydrogen-bond donors (Lipinski definition) is 2. The van der Waals surface area contributed by atoms with E-state index in [0.29, 0.717) is 11.1 Å². The standard InChI is InChI=1S/C17H16N4OS2/c1-9-6-10(2)15(11(3)7-9)18-17(23)19-16(22)12-4-5-13-14(8-12)21-24-20-13/h4-8H,1-3H3,(H2,18,19,22,23). The molecule has 1 amide bonds. The summed E-state index contributed by atoms with van der Waals surface area (Å²) in [6, 6.07) is 9.34. The maximum absolute atomic E-state index is 12.4. The summed E-state index contributed by atoms with van der Waals surface area (Å²) in [5.41, 5.74) is 6.26. The van der Waals surface area contributed by atoms with Gasteiger partial charge >= 0.3 is 0 Å². The van der Waals surface area contributed by atoms with Gasteiger partial charge in [0.1, 0.15) is 11.0 Å². The molecule has 0 aliphatic rings. The Morgan fingerprint density at radius 3 is 2.42 bits per heavy atom. The van der Waals surface area contributed by atoms with Crippen molar-refractivity contribution in [2.75, 3.05) is 5.32 Å². The molecule has 0 saturated heterocycles. The molecule has 2 N–H and O–H groups in total. The number of nitrogens with one attached hydrogen (secondary N) is 2. The lowest BCUT2D eigenvalue weighted by Gasteiger charge is -2.15. The van der Waals surface area contributed by atoms with E-state index in [-0.39, 0.29) is 11.0 Å². The van der Waals surface area contributed by atoms with E-state index in [9.17, 15) is 4.79 Å². The number of nitrogens with zero attached hydrogens (tertiary/aromatic N) is 2. The van der Waals surface area contributed by atoms with Crippen molar-refractivity contribution in [1.29, 1.82) is 0 Å². The monoisotopic (exact) mass is 356 g/mol. The Hall–Kier alpha value is -2.38. The minimum Gasteiger partial charge on any atom is -0.332 e. The largest absolute Gasteiger partial charge is 0.332 e. The first kappa shape index (κ1) is 16.5. The highest BCUT2D eigenvalue weighted by molar-refractivity contribution is 7.80. The molecule has 3 rings (SSSR count). The van der Waals surface area contributed by atoms with Crippen LogP contribution in [0.3, 0.4) is 0 Å². The normalized spacial score (nSPS) is 10.6. The van der Waals surface area contributed by atoms with Gasteiger partial charge in [0.25, 0.3) is 5.91 Å². The average molecular weight is 356 g/mol. The van der Waals surface area contributed by atoms with Gasteiger partial charge in [-0.05, 0) is 62.3 Å². The molecular weight excluding hydrogens is 340 g/mol. The van der Waals surface area contributed by atoms with Gasteiger partial charge in [-0.25, -0.2) is 0 Å². The number of anilines is 1. The predicted octanol–water partition coefficient (Wildman–Crippen LogP) is 3.74. The molecular formula is C17H16N4OS2. The smallest absolute Gasteiger partial charge is 0.257 e. The summed E-state index contributed by atoms with van der Waals surface area (Å²) >= 11 is 6.40. The highest BCUT2D eigenvalue weighted by Gasteiger charge is 2.12. The third kappa shape index (κ3) is 3.42. The van der Waals surface area contributed by atoms with Crippen molar-refractivity contribution in [2.45, 2.75) is 20.8 Å². The van der Waals surface area contributed by atoms with Crippen molar-refractivity contribution < 1.29 is 4.79 Å². The molecule has 5 nitrogen and oxygen atoms in total. The van der Waals surface area contributed by atoms with E-state index in [1.165, 1.54) is 5.56 Å². The minimum atomic E-state index is -0.273.